The Balaban J connectivity index is 1.67. The molecule has 0 aromatic carbocycles. The molecule has 7 heteroatoms. The maximum atomic E-state index is 12.8. The molecule has 6 nitrogen and oxygen atoms in total. The van der Waals surface area contributed by atoms with Gasteiger partial charge in [0.2, 0.25) is 0 Å². The lowest BCUT2D eigenvalue weighted by atomic mass is 10.1. The molecule has 0 saturated carbocycles. The van der Waals surface area contributed by atoms with Gasteiger partial charge in [-0.25, -0.2) is 0 Å². The highest BCUT2D eigenvalue weighted by atomic mass is 32.2. The second-order valence-corrected chi connectivity index (χ2v) is 8.24. The SMILES string of the molecule is CNCC1CCCCN1S(=O)(=O)NC1CCN2CCCC12. The van der Waals surface area contributed by atoms with E-state index in [4.69, 9.17) is 0 Å². The Bertz CT molecular complexity index is 454. The molecular formula is C14H28N4O2S. The zero-order valence-corrected chi connectivity index (χ0v) is 13.7. The van der Waals surface area contributed by atoms with Gasteiger partial charge in [-0.2, -0.15) is 17.4 Å². The highest BCUT2D eigenvalue weighted by Crippen LogP contribution is 2.29. The first-order chi connectivity index (χ1) is 10.1. The predicted molar refractivity (Wildman–Crippen MR) is 83.3 cm³/mol. The number of likely N-dealkylation sites (N-methyl/N-ethyl adjacent to an activating group) is 1. The van der Waals surface area contributed by atoms with E-state index in [9.17, 15) is 8.42 Å². The third-order valence-electron chi connectivity index (χ3n) is 5.23. The third kappa shape index (κ3) is 3.27. The standard InChI is InChI=1S/C14H28N4O2S/c1-15-11-12-5-2-3-9-18(12)21(19,20)16-13-7-10-17-8-4-6-14(13)17/h12-16H,2-11H2,1H3. The van der Waals surface area contributed by atoms with E-state index in [-0.39, 0.29) is 12.1 Å². The van der Waals surface area contributed by atoms with Crippen LogP contribution >= 0.6 is 0 Å². The van der Waals surface area contributed by atoms with Crippen LogP contribution in [0.15, 0.2) is 0 Å². The van der Waals surface area contributed by atoms with Gasteiger partial charge >= 0.3 is 0 Å². The predicted octanol–water partition coefficient (Wildman–Crippen LogP) is 0.131. The number of fused-ring (bicyclic) bond motifs is 1. The van der Waals surface area contributed by atoms with Crippen LogP contribution in [0.1, 0.15) is 38.5 Å². The molecule has 3 heterocycles. The zero-order chi connectivity index (χ0) is 14.9. The highest BCUT2D eigenvalue weighted by Gasteiger charge is 2.41. The van der Waals surface area contributed by atoms with E-state index >= 15 is 0 Å². The second kappa shape index (κ2) is 6.50. The van der Waals surface area contributed by atoms with Crippen molar-refractivity contribution in [3.05, 3.63) is 0 Å². The van der Waals surface area contributed by atoms with Crippen molar-refractivity contribution in [3.63, 3.8) is 0 Å². The van der Waals surface area contributed by atoms with Crippen molar-refractivity contribution in [1.82, 2.24) is 19.2 Å². The Hall–Kier alpha value is -0.210. The van der Waals surface area contributed by atoms with Gasteiger partial charge in [0.25, 0.3) is 10.2 Å². The minimum Gasteiger partial charge on any atom is -0.318 e. The Morgan fingerprint density at radius 2 is 1.90 bits per heavy atom. The summed E-state index contributed by atoms with van der Waals surface area (Å²) in [4.78, 5) is 2.44. The average molecular weight is 316 g/mol. The van der Waals surface area contributed by atoms with Crippen molar-refractivity contribution in [2.45, 2.75) is 56.7 Å². The number of nitrogens with zero attached hydrogens (tertiary/aromatic N) is 2. The first-order valence-electron chi connectivity index (χ1n) is 8.29. The van der Waals surface area contributed by atoms with E-state index in [1.54, 1.807) is 4.31 Å². The quantitative estimate of drug-likeness (QED) is 0.757. The van der Waals surface area contributed by atoms with Gasteiger partial charge in [0.05, 0.1) is 0 Å². The van der Waals surface area contributed by atoms with E-state index in [1.807, 2.05) is 7.05 Å². The molecule has 122 valence electrons. The number of hydrogen-bond acceptors (Lipinski definition) is 4. The molecule has 3 saturated heterocycles. The summed E-state index contributed by atoms with van der Waals surface area (Å²) in [5, 5.41) is 3.13. The minimum atomic E-state index is -3.36. The van der Waals surface area contributed by atoms with Gasteiger partial charge in [0.15, 0.2) is 0 Å². The summed E-state index contributed by atoms with van der Waals surface area (Å²) in [7, 11) is -1.47. The molecule has 3 atom stereocenters. The van der Waals surface area contributed by atoms with Crippen LogP contribution in [-0.2, 0) is 10.2 Å². The Morgan fingerprint density at radius 1 is 1.05 bits per heavy atom. The first kappa shape index (κ1) is 15.7. The van der Waals surface area contributed by atoms with Crippen molar-refractivity contribution in [1.29, 1.82) is 0 Å². The summed E-state index contributed by atoms with van der Waals surface area (Å²) in [6.45, 7) is 3.57. The van der Waals surface area contributed by atoms with Crippen LogP contribution in [0.4, 0.5) is 0 Å². The van der Waals surface area contributed by atoms with Gasteiger partial charge in [-0.1, -0.05) is 6.42 Å². The molecule has 0 aliphatic carbocycles. The van der Waals surface area contributed by atoms with Gasteiger partial charge in [-0.15, -0.1) is 0 Å². The summed E-state index contributed by atoms with van der Waals surface area (Å²) < 4.78 is 30.3. The van der Waals surface area contributed by atoms with E-state index in [0.29, 0.717) is 12.6 Å². The smallest absolute Gasteiger partial charge is 0.280 e. The maximum absolute atomic E-state index is 12.8. The van der Waals surface area contributed by atoms with Crippen molar-refractivity contribution < 1.29 is 8.42 Å². The van der Waals surface area contributed by atoms with Crippen molar-refractivity contribution in [2.75, 3.05) is 33.2 Å². The van der Waals surface area contributed by atoms with Crippen LogP contribution < -0.4 is 10.0 Å². The summed E-state index contributed by atoms with van der Waals surface area (Å²) >= 11 is 0. The van der Waals surface area contributed by atoms with E-state index < -0.39 is 10.2 Å². The van der Waals surface area contributed by atoms with Crippen molar-refractivity contribution in [3.8, 4) is 0 Å². The molecule has 3 unspecified atom stereocenters. The van der Waals surface area contributed by atoms with Gasteiger partial charge in [0.1, 0.15) is 0 Å². The second-order valence-electron chi connectivity index (χ2n) is 6.58. The third-order valence-corrected chi connectivity index (χ3v) is 6.93. The topological polar surface area (TPSA) is 64.7 Å². The van der Waals surface area contributed by atoms with Crippen LogP contribution in [-0.4, -0.2) is 69.0 Å². The van der Waals surface area contributed by atoms with E-state index in [1.165, 1.54) is 6.42 Å². The van der Waals surface area contributed by atoms with Gasteiger partial charge in [0, 0.05) is 37.8 Å². The Labute approximate surface area is 128 Å². The molecule has 0 amide bonds. The zero-order valence-electron chi connectivity index (χ0n) is 12.9. The van der Waals surface area contributed by atoms with Gasteiger partial charge in [-0.05, 0) is 45.7 Å². The van der Waals surface area contributed by atoms with Gasteiger partial charge in [-0.3, -0.25) is 4.90 Å². The molecular weight excluding hydrogens is 288 g/mol. The normalized spacial score (nSPS) is 35.2. The molecule has 3 aliphatic heterocycles. The number of nitrogens with one attached hydrogen (secondary N) is 2. The average Bonchev–Trinajstić information content (AvgIpc) is 3.05. The Morgan fingerprint density at radius 3 is 2.71 bits per heavy atom. The lowest BCUT2D eigenvalue weighted by Crippen LogP contribution is -2.55. The van der Waals surface area contributed by atoms with Crippen LogP contribution in [0.25, 0.3) is 0 Å². The summed E-state index contributed by atoms with van der Waals surface area (Å²) in [5.41, 5.74) is 0. The molecule has 3 fully saturated rings. The summed E-state index contributed by atoms with van der Waals surface area (Å²) in [6.07, 6.45) is 6.35. The molecule has 2 N–H and O–H groups in total. The molecule has 0 aromatic rings. The van der Waals surface area contributed by atoms with Crippen LogP contribution in [0, 0.1) is 0 Å². The fourth-order valence-corrected chi connectivity index (χ4v) is 5.94. The molecule has 21 heavy (non-hydrogen) atoms. The molecule has 0 bridgehead atoms. The largest absolute Gasteiger partial charge is 0.318 e. The number of piperidine rings is 1. The molecule has 3 rings (SSSR count). The molecule has 0 aromatic heterocycles. The number of rotatable bonds is 5. The van der Waals surface area contributed by atoms with E-state index in [2.05, 4.69) is 14.9 Å². The first-order valence-corrected chi connectivity index (χ1v) is 9.73. The van der Waals surface area contributed by atoms with E-state index in [0.717, 1.165) is 51.7 Å². The maximum Gasteiger partial charge on any atom is 0.280 e. The Kier molecular flexibility index (Phi) is 4.85. The summed E-state index contributed by atoms with van der Waals surface area (Å²) in [6, 6.07) is 0.629. The lowest BCUT2D eigenvalue weighted by Gasteiger charge is -2.35. The monoisotopic (exact) mass is 316 g/mol. The van der Waals surface area contributed by atoms with Crippen LogP contribution in [0.3, 0.4) is 0 Å². The number of hydrogen-bond donors (Lipinski definition) is 2. The molecule has 3 aliphatic rings. The lowest BCUT2D eigenvalue weighted by molar-refractivity contribution is 0.242. The van der Waals surface area contributed by atoms with Crippen molar-refractivity contribution >= 4 is 10.2 Å². The molecule has 0 radical (unpaired) electrons. The minimum absolute atomic E-state index is 0.0994. The summed E-state index contributed by atoms with van der Waals surface area (Å²) in [5.74, 6) is 0. The van der Waals surface area contributed by atoms with Crippen molar-refractivity contribution in [2.24, 2.45) is 0 Å². The van der Waals surface area contributed by atoms with Gasteiger partial charge < -0.3 is 5.32 Å². The van der Waals surface area contributed by atoms with Crippen LogP contribution in [0.5, 0.6) is 0 Å². The highest BCUT2D eigenvalue weighted by molar-refractivity contribution is 7.87. The van der Waals surface area contributed by atoms with Crippen LogP contribution in [0.2, 0.25) is 0 Å². The fourth-order valence-electron chi connectivity index (χ4n) is 4.21. The fraction of sp³-hybridized carbons (Fsp3) is 1.00. The molecule has 0 spiro atoms.